The Labute approximate surface area is 185 Å². The van der Waals surface area contributed by atoms with E-state index in [-0.39, 0.29) is 29.0 Å². The summed E-state index contributed by atoms with van der Waals surface area (Å²) in [5.41, 5.74) is 1.53. The lowest BCUT2D eigenvalue weighted by molar-refractivity contribution is -0.134. The second-order valence-corrected chi connectivity index (χ2v) is 8.50. The van der Waals surface area contributed by atoms with Crippen molar-refractivity contribution in [2.45, 2.75) is 51.0 Å². The smallest absolute Gasteiger partial charge is 0.277 e. The maximum absolute atomic E-state index is 14.4. The summed E-state index contributed by atoms with van der Waals surface area (Å²) in [6.45, 7) is 3.44. The van der Waals surface area contributed by atoms with E-state index in [0.717, 1.165) is 24.0 Å². The van der Waals surface area contributed by atoms with E-state index >= 15 is 0 Å². The number of aryl methyl sites for hydroxylation is 1. The highest BCUT2D eigenvalue weighted by molar-refractivity contribution is 6.32. The predicted molar refractivity (Wildman–Crippen MR) is 117 cm³/mol. The van der Waals surface area contributed by atoms with Gasteiger partial charge < -0.3 is 9.47 Å². The molecule has 1 atom stereocenters. The van der Waals surface area contributed by atoms with Crippen molar-refractivity contribution in [2.24, 2.45) is 0 Å². The van der Waals surface area contributed by atoms with Crippen LogP contribution in [0.2, 0.25) is 5.02 Å². The third kappa shape index (κ3) is 4.11. The van der Waals surface area contributed by atoms with Crippen LogP contribution in [-0.4, -0.2) is 29.5 Å². The van der Waals surface area contributed by atoms with Gasteiger partial charge in [0.05, 0.1) is 5.92 Å². The lowest BCUT2D eigenvalue weighted by Gasteiger charge is -2.34. The molecule has 0 saturated carbocycles. The van der Waals surface area contributed by atoms with Gasteiger partial charge in [-0.2, -0.15) is 0 Å². The lowest BCUT2D eigenvalue weighted by Crippen LogP contribution is -2.40. The number of benzene rings is 1. The van der Waals surface area contributed by atoms with Crippen molar-refractivity contribution in [2.75, 3.05) is 18.0 Å². The molecule has 2 fully saturated rings. The van der Waals surface area contributed by atoms with Crippen molar-refractivity contribution in [1.82, 2.24) is 9.88 Å². The Hall–Kier alpha value is -2.67. The largest absolute Gasteiger partial charge is 0.365 e. The van der Waals surface area contributed by atoms with Crippen molar-refractivity contribution in [3.63, 3.8) is 0 Å². The van der Waals surface area contributed by atoms with Crippen LogP contribution >= 0.6 is 11.6 Å². The number of carbonyl (C=O) groups is 2. The SMILES string of the molecule is CCn1ccc(F)c(N2CCC(c3cccc(C4CCC(=O)NC4=O)c3Cl)CC2)c1=O. The van der Waals surface area contributed by atoms with Crippen LogP contribution in [0.3, 0.4) is 0 Å². The summed E-state index contributed by atoms with van der Waals surface area (Å²) in [6, 6.07) is 7.04. The van der Waals surface area contributed by atoms with Gasteiger partial charge in [-0.25, -0.2) is 4.39 Å². The fourth-order valence-electron chi connectivity index (χ4n) is 4.63. The minimum absolute atomic E-state index is 0.131. The molecule has 1 N–H and O–H groups in total. The minimum Gasteiger partial charge on any atom is -0.365 e. The van der Waals surface area contributed by atoms with E-state index in [1.165, 1.54) is 16.8 Å². The van der Waals surface area contributed by atoms with E-state index < -0.39 is 11.7 Å². The Bertz CT molecular complexity index is 1080. The number of halogens is 2. The maximum atomic E-state index is 14.4. The van der Waals surface area contributed by atoms with E-state index in [1.54, 1.807) is 0 Å². The average Bonchev–Trinajstić information content (AvgIpc) is 2.75. The van der Waals surface area contributed by atoms with Crippen molar-refractivity contribution in [3.05, 3.63) is 62.8 Å². The van der Waals surface area contributed by atoms with Crippen LogP contribution < -0.4 is 15.8 Å². The van der Waals surface area contributed by atoms with Crippen LogP contribution in [0.5, 0.6) is 0 Å². The number of nitrogens with one attached hydrogen (secondary N) is 1. The normalized spacial score (nSPS) is 20.1. The minimum atomic E-state index is -0.494. The quantitative estimate of drug-likeness (QED) is 0.730. The third-order valence-electron chi connectivity index (χ3n) is 6.36. The first-order chi connectivity index (χ1) is 14.9. The summed E-state index contributed by atoms with van der Waals surface area (Å²) in [5, 5.41) is 2.95. The first kappa shape index (κ1) is 21.6. The Kier molecular flexibility index (Phi) is 6.14. The summed E-state index contributed by atoms with van der Waals surface area (Å²) >= 11 is 6.73. The van der Waals surface area contributed by atoms with Gasteiger partial charge in [-0.15, -0.1) is 0 Å². The highest BCUT2D eigenvalue weighted by Gasteiger charge is 2.32. The van der Waals surface area contributed by atoms with Crippen LogP contribution in [-0.2, 0) is 16.1 Å². The molecule has 0 radical (unpaired) electrons. The van der Waals surface area contributed by atoms with Crippen molar-refractivity contribution < 1.29 is 14.0 Å². The zero-order valence-electron chi connectivity index (χ0n) is 17.4. The average molecular weight is 446 g/mol. The van der Waals surface area contributed by atoms with Crippen LogP contribution in [0.15, 0.2) is 35.3 Å². The van der Waals surface area contributed by atoms with Gasteiger partial charge in [0.15, 0.2) is 5.82 Å². The molecular formula is C23H25ClFN3O3. The molecule has 4 rings (SSSR count). The Morgan fingerprint density at radius 1 is 1.10 bits per heavy atom. The van der Waals surface area contributed by atoms with Crippen LogP contribution in [0.4, 0.5) is 10.1 Å². The summed E-state index contributed by atoms with van der Waals surface area (Å²) < 4.78 is 15.9. The maximum Gasteiger partial charge on any atom is 0.277 e. The van der Waals surface area contributed by atoms with Crippen molar-refractivity contribution in [3.8, 4) is 0 Å². The van der Waals surface area contributed by atoms with Crippen LogP contribution in [0.25, 0.3) is 0 Å². The summed E-state index contributed by atoms with van der Waals surface area (Å²) in [5.74, 6) is -1.34. The molecule has 2 aliphatic heterocycles. The molecule has 1 aromatic heterocycles. The van der Waals surface area contributed by atoms with Gasteiger partial charge in [0.25, 0.3) is 5.56 Å². The lowest BCUT2D eigenvalue weighted by atomic mass is 9.84. The number of hydrogen-bond acceptors (Lipinski definition) is 4. The first-order valence-corrected chi connectivity index (χ1v) is 11.0. The molecule has 0 aliphatic carbocycles. The highest BCUT2D eigenvalue weighted by atomic mass is 35.5. The van der Waals surface area contributed by atoms with Gasteiger partial charge >= 0.3 is 0 Å². The fourth-order valence-corrected chi connectivity index (χ4v) is 5.04. The number of nitrogens with zero attached hydrogens (tertiary/aromatic N) is 2. The standard InChI is InChI=1S/C23H25ClFN3O3/c1-2-27-13-10-18(25)21(23(27)31)28-11-8-14(9-12-28)15-4-3-5-16(20(15)24)17-6-7-19(29)26-22(17)30/h3-5,10,13-14,17H,2,6-9,11-12H2,1H3,(H,26,29,30). The predicted octanol–water partition coefficient (Wildman–Crippen LogP) is 3.56. The van der Waals surface area contributed by atoms with E-state index in [4.69, 9.17) is 11.6 Å². The highest BCUT2D eigenvalue weighted by Crippen LogP contribution is 2.39. The molecule has 0 bridgehead atoms. The van der Waals surface area contributed by atoms with Gasteiger partial charge in [0.1, 0.15) is 5.69 Å². The number of amides is 2. The number of anilines is 1. The second-order valence-electron chi connectivity index (χ2n) is 8.12. The van der Waals surface area contributed by atoms with E-state index in [9.17, 15) is 18.8 Å². The molecule has 2 aromatic rings. The topological polar surface area (TPSA) is 71.4 Å². The molecule has 3 heterocycles. The van der Waals surface area contributed by atoms with Crippen LogP contribution in [0.1, 0.15) is 55.6 Å². The number of rotatable bonds is 4. The monoisotopic (exact) mass is 445 g/mol. The number of carbonyl (C=O) groups excluding carboxylic acids is 2. The summed E-state index contributed by atoms with van der Waals surface area (Å²) in [4.78, 5) is 38.2. The van der Waals surface area contributed by atoms with E-state index in [0.29, 0.717) is 37.5 Å². The molecule has 0 spiro atoms. The second kappa shape index (κ2) is 8.83. The van der Waals surface area contributed by atoms with Gasteiger partial charge in [0.2, 0.25) is 11.8 Å². The first-order valence-electron chi connectivity index (χ1n) is 10.7. The summed E-state index contributed by atoms with van der Waals surface area (Å²) in [7, 11) is 0. The molecule has 1 aromatic carbocycles. The number of piperidine rings is 2. The van der Waals surface area contributed by atoms with Gasteiger partial charge in [-0.05, 0) is 49.3 Å². The number of pyridine rings is 1. The third-order valence-corrected chi connectivity index (χ3v) is 6.79. The molecule has 2 aliphatic rings. The number of imide groups is 1. The van der Waals surface area contributed by atoms with Gasteiger partial charge in [-0.1, -0.05) is 29.8 Å². The fraction of sp³-hybridized carbons (Fsp3) is 0.435. The Morgan fingerprint density at radius 3 is 2.48 bits per heavy atom. The van der Waals surface area contributed by atoms with E-state index in [2.05, 4.69) is 5.32 Å². The molecular weight excluding hydrogens is 421 g/mol. The van der Waals surface area contributed by atoms with Gasteiger partial charge in [-0.3, -0.25) is 19.7 Å². The van der Waals surface area contributed by atoms with Crippen molar-refractivity contribution in [1.29, 1.82) is 0 Å². The molecule has 1 unspecified atom stereocenters. The Morgan fingerprint density at radius 2 is 1.81 bits per heavy atom. The molecule has 31 heavy (non-hydrogen) atoms. The molecule has 8 heteroatoms. The van der Waals surface area contributed by atoms with Crippen molar-refractivity contribution >= 4 is 29.1 Å². The Balaban J connectivity index is 1.53. The molecule has 2 saturated heterocycles. The van der Waals surface area contributed by atoms with Gasteiger partial charge in [0, 0.05) is 37.3 Å². The molecule has 6 nitrogen and oxygen atoms in total. The number of aromatic nitrogens is 1. The molecule has 164 valence electrons. The van der Waals surface area contributed by atoms with Crippen LogP contribution in [0, 0.1) is 5.82 Å². The number of hydrogen-bond donors (Lipinski definition) is 1. The summed E-state index contributed by atoms with van der Waals surface area (Å²) in [6.07, 6.45) is 3.67. The molecule has 2 amide bonds. The van der Waals surface area contributed by atoms with E-state index in [1.807, 2.05) is 30.0 Å². The zero-order chi connectivity index (χ0) is 22.1. The zero-order valence-corrected chi connectivity index (χ0v) is 18.1.